The Balaban J connectivity index is 2.17. The molecule has 0 aliphatic heterocycles. The first kappa shape index (κ1) is 17.5. The fourth-order valence-corrected chi connectivity index (χ4v) is 3.94. The molecule has 1 atom stereocenters. The van der Waals surface area contributed by atoms with Crippen LogP contribution in [0.15, 0.2) is 34.8 Å². The summed E-state index contributed by atoms with van der Waals surface area (Å²) in [5, 5.41) is 7.16. The molecule has 0 spiro atoms. The lowest BCUT2D eigenvalue weighted by atomic mass is 10.2. The topological polar surface area (TPSA) is 81.1 Å². The number of halogens is 3. The summed E-state index contributed by atoms with van der Waals surface area (Å²) in [6, 6.07) is 0.473. The van der Waals surface area contributed by atoms with Crippen molar-refractivity contribution in [2.75, 3.05) is 11.6 Å². The molecule has 6 nitrogen and oxygen atoms in total. The number of amides is 1. The molecular weight excluding hydrogens is 355 g/mol. The van der Waals surface area contributed by atoms with Gasteiger partial charge >= 0.3 is 6.18 Å². The van der Waals surface area contributed by atoms with Gasteiger partial charge in [-0.25, -0.2) is 8.42 Å². The first-order chi connectivity index (χ1) is 10.6. The van der Waals surface area contributed by atoms with Crippen molar-refractivity contribution in [2.24, 2.45) is 0 Å². The standard InChI is InChI=1S/C12H12F3N3O3S2/c1-23(20,21)8-3-6-22-11(8)17-10(19)7-9(12(13,14)15)18-5-2-4-16-18/h2-6,9H,7H2,1H3,(H,17,19)/t9-/m0/s1. The smallest absolute Gasteiger partial charge is 0.317 e. The maximum absolute atomic E-state index is 13.1. The molecule has 2 heterocycles. The van der Waals surface area contributed by atoms with E-state index < -0.39 is 34.4 Å². The summed E-state index contributed by atoms with van der Waals surface area (Å²) in [5.41, 5.74) is 0. The Morgan fingerprint density at radius 1 is 1.48 bits per heavy atom. The highest BCUT2D eigenvalue weighted by molar-refractivity contribution is 7.91. The van der Waals surface area contributed by atoms with Gasteiger partial charge in [-0.05, 0) is 17.5 Å². The molecule has 2 aromatic rings. The van der Waals surface area contributed by atoms with Crippen LogP contribution in [-0.4, -0.2) is 36.5 Å². The summed E-state index contributed by atoms with van der Waals surface area (Å²) < 4.78 is 62.9. The van der Waals surface area contributed by atoms with E-state index in [9.17, 15) is 26.4 Å². The number of nitrogens with one attached hydrogen (secondary N) is 1. The van der Waals surface area contributed by atoms with E-state index in [-0.39, 0.29) is 9.90 Å². The molecule has 0 radical (unpaired) electrons. The van der Waals surface area contributed by atoms with E-state index in [1.54, 1.807) is 0 Å². The molecule has 23 heavy (non-hydrogen) atoms. The Kier molecular flexibility index (Phi) is 4.80. The van der Waals surface area contributed by atoms with Crippen LogP contribution in [0.2, 0.25) is 0 Å². The molecule has 0 aliphatic carbocycles. The second-order valence-corrected chi connectivity index (χ2v) is 7.58. The highest BCUT2D eigenvalue weighted by Crippen LogP contribution is 2.34. The number of thiophene rings is 1. The molecule has 2 rings (SSSR count). The van der Waals surface area contributed by atoms with Crippen molar-refractivity contribution in [1.29, 1.82) is 0 Å². The van der Waals surface area contributed by atoms with Gasteiger partial charge in [0.2, 0.25) is 5.91 Å². The third-order valence-corrected chi connectivity index (χ3v) is 4.98. The minimum absolute atomic E-state index is 0.00103. The van der Waals surface area contributed by atoms with Crippen molar-refractivity contribution in [2.45, 2.75) is 23.5 Å². The highest BCUT2D eigenvalue weighted by Gasteiger charge is 2.42. The van der Waals surface area contributed by atoms with E-state index in [0.717, 1.165) is 23.8 Å². The third-order valence-electron chi connectivity index (χ3n) is 2.88. The molecule has 0 unspecified atom stereocenters. The molecule has 0 saturated carbocycles. The van der Waals surface area contributed by atoms with Gasteiger partial charge in [0.1, 0.15) is 9.90 Å². The lowest BCUT2D eigenvalue weighted by Crippen LogP contribution is -2.31. The maximum Gasteiger partial charge on any atom is 0.411 e. The normalized spacial score (nSPS) is 13.7. The zero-order valence-electron chi connectivity index (χ0n) is 11.7. The van der Waals surface area contributed by atoms with Crippen LogP contribution in [-0.2, 0) is 14.6 Å². The molecule has 0 bridgehead atoms. The van der Waals surface area contributed by atoms with Crippen molar-refractivity contribution < 1.29 is 26.4 Å². The Hall–Kier alpha value is -1.88. The minimum atomic E-state index is -4.67. The zero-order chi connectivity index (χ0) is 17.3. The Labute approximate surface area is 133 Å². The number of rotatable bonds is 5. The molecule has 0 saturated heterocycles. The quantitative estimate of drug-likeness (QED) is 0.880. The van der Waals surface area contributed by atoms with E-state index in [1.807, 2.05) is 0 Å². The van der Waals surface area contributed by atoms with E-state index in [2.05, 4.69) is 10.4 Å². The van der Waals surface area contributed by atoms with Gasteiger partial charge in [-0.3, -0.25) is 9.48 Å². The van der Waals surface area contributed by atoms with E-state index in [0.29, 0.717) is 4.68 Å². The number of alkyl halides is 3. The monoisotopic (exact) mass is 367 g/mol. The molecule has 1 amide bonds. The fraction of sp³-hybridized carbons (Fsp3) is 0.333. The van der Waals surface area contributed by atoms with Gasteiger partial charge < -0.3 is 5.32 Å². The number of aromatic nitrogens is 2. The summed E-state index contributed by atoms with van der Waals surface area (Å²) >= 11 is 0.922. The van der Waals surface area contributed by atoms with Crippen LogP contribution >= 0.6 is 11.3 Å². The van der Waals surface area contributed by atoms with Crippen LogP contribution in [0.3, 0.4) is 0 Å². The first-order valence-electron chi connectivity index (χ1n) is 6.22. The van der Waals surface area contributed by atoms with Crippen molar-refractivity contribution in [3.8, 4) is 0 Å². The van der Waals surface area contributed by atoms with Gasteiger partial charge in [-0.1, -0.05) is 0 Å². The molecule has 1 N–H and O–H groups in total. The minimum Gasteiger partial charge on any atom is -0.317 e. The predicted molar refractivity (Wildman–Crippen MR) is 78.0 cm³/mol. The SMILES string of the molecule is CS(=O)(=O)c1ccsc1NC(=O)C[C@H](n1cccn1)C(F)(F)F. The van der Waals surface area contributed by atoms with Crippen LogP contribution in [0.5, 0.6) is 0 Å². The molecule has 0 aromatic carbocycles. The van der Waals surface area contributed by atoms with Crippen molar-refractivity contribution in [3.63, 3.8) is 0 Å². The highest BCUT2D eigenvalue weighted by atomic mass is 32.2. The molecule has 0 fully saturated rings. The summed E-state index contributed by atoms with van der Waals surface area (Å²) in [4.78, 5) is 11.8. The molecular formula is C12H12F3N3O3S2. The third kappa shape index (κ3) is 4.32. The summed E-state index contributed by atoms with van der Waals surface area (Å²) in [6.45, 7) is 0. The number of hydrogen-bond acceptors (Lipinski definition) is 5. The van der Waals surface area contributed by atoms with E-state index in [4.69, 9.17) is 0 Å². The number of carbonyl (C=O) groups is 1. The number of carbonyl (C=O) groups excluding carboxylic acids is 1. The van der Waals surface area contributed by atoms with Crippen LogP contribution < -0.4 is 5.32 Å². The number of sulfone groups is 1. The number of nitrogens with zero attached hydrogens (tertiary/aromatic N) is 2. The van der Waals surface area contributed by atoms with Crippen LogP contribution in [0, 0.1) is 0 Å². The molecule has 2 aromatic heterocycles. The van der Waals surface area contributed by atoms with E-state index in [1.165, 1.54) is 23.7 Å². The lowest BCUT2D eigenvalue weighted by Gasteiger charge is -2.20. The number of hydrogen-bond donors (Lipinski definition) is 1. The molecule has 0 aliphatic rings. The Bertz CT molecular complexity index is 782. The first-order valence-corrected chi connectivity index (χ1v) is 8.99. The second kappa shape index (κ2) is 6.32. The summed E-state index contributed by atoms with van der Waals surface area (Å²) in [5.74, 6) is -0.949. The van der Waals surface area contributed by atoms with E-state index >= 15 is 0 Å². The second-order valence-electron chi connectivity index (χ2n) is 4.68. The van der Waals surface area contributed by atoms with Gasteiger partial charge in [0.25, 0.3) is 0 Å². The molecule has 126 valence electrons. The van der Waals surface area contributed by atoms with Crippen LogP contribution in [0.1, 0.15) is 12.5 Å². The fourth-order valence-electron chi connectivity index (χ4n) is 1.86. The van der Waals surface area contributed by atoms with Gasteiger partial charge in [0.15, 0.2) is 15.9 Å². The van der Waals surface area contributed by atoms with Crippen molar-refractivity contribution >= 4 is 32.1 Å². The average molecular weight is 367 g/mol. The van der Waals surface area contributed by atoms with Crippen LogP contribution in [0.4, 0.5) is 18.2 Å². The van der Waals surface area contributed by atoms with Gasteiger partial charge in [0, 0.05) is 18.6 Å². The Morgan fingerprint density at radius 2 is 2.17 bits per heavy atom. The van der Waals surface area contributed by atoms with Crippen molar-refractivity contribution in [1.82, 2.24) is 9.78 Å². The lowest BCUT2D eigenvalue weighted by molar-refractivity contribution is -0.174. The maximum atomic E-state index is 13.1. The van der Waals surface area contributed by atoms with Gasteiger partial charge in [-0.15, -0.1) is 11.3 Å². The average Bonchev–Trinajstić information content (AvgIpc) is 3.04. The predicted octanol–water partition coefficient (Wildman–Crippen LogP) is 2.48. The molecule has 11 heteroatoms. The van der Waals surface area contributed by atoms with Crippen molar-refractivity contribution in [3.05, 3.63) is 29.9 Å². The Morgan fingerprint density at radius 3 is 2.70 bits per heavy atom. The van der Waals surface area contributed by atoms with Gasteiger partial charge in [0.05, 0.1) is 6.42 Å². The summed E-state index contributed by atoms with van der Waals surface area (Å²) in [6.07, 6.45) is -2.34. The largest absolute Gasteiger partial charge is 0.411 e. The van der Waals surface area contributed by atoms with Gasteiger partial charge in [-0.2, -0.15) is 18.3 Å². The zero-order valence-corrected chi connectivity index (χ0v) is 13.4. The summed E-state index contributed by atoms with van der Waals surface area (Å²) in [7, 11) is -3.58. The van der Waals surface area contributed by atoms with Crippen LogP contribution in [0.25, 0.3) is 0 Å². The number of anilines is 1.